The van der Waals surface area contributed by atoms with Crippen molar-refractivity contribution < 1.29 is 14.0 Å². The monoisotopic (exact) mass is 480 g/mol. The van der Waals surface area contributed by atoms with E-state index in [0.29, 0.717) is 19.3 Å². The molecule has 26 heavy (non-hydrogen) atoms. The second-order valence-corrected chi connectivity index (χ2v) is 6.15. The summed E-state index contributed by atoms with van der Waals surface area (Å²) in [6.07, 6.45) is 5.22. The Morgan fingerprint density at radius 2 is 2.15 bits per heavy atom. The largest absolute Gasteiger partial charge is 0.379 e. The number of halogens is 1. The maximum absolute atomic E-state index is 5.67. The highest BCUT2D eigenvalue weighted by molar-refractivity contribution is 14.0. The van der Waals surface area contributed by atoms with Crippen LogP contribution in [-0.4, -0.2) is 50.6 Å². The van der Waals surface area contributed by atoms with Gasteiger partial charge in [-0.1, -0.05) is 19.0 Å². The van der Waals surface area contributed by atoms with Gasteiger partial charge in [-0.15, -0.1) is 24.0 Å². The Morgan fingerprint density at radius 3 is 2.81 bits per heavy atom. The molecule has 1 aliphatic rings. The lowest BCUT2D eigenvalue weighted by Crippen LogP contribution is -2.37. The Bertz CT molecular complexity index is 509. The first-order valence-electron chi connectivity index (χ1n) is 9.38. The van der Waals surface area contributed by atoms with Crippen LogP contribution in [-0.2, 0) is 28.9 Å². The molecule has 1 aromatic heterocycles. The lowest BCUT2D eigenvalue weighted by molar-refractivity contribution is 0.0168. The number of rotatable bonds is 10. The maximum atomic E-state index is 5.67. The molecular weight excluding hydrogens is 447 g/mol. The standard InChI is InChI=1S/C18H32N4O3.HI/c1-4-16-15(17(5-2)25-22-16)12-21-18(19-3)20-9-7-10-23-13-14-8-6-11-24-14;/h14H,4-13H2,1-3H3,(H2,19,20,21);1H. The molecule has 1 fully saturated rings. The molecule has 2 rings (SSSR count). The molecule has 0 aromatic carbocycles. The van der Waals surface area contributed by atoms with Gasteiger partial charge in [0.2, 0.25) is 0 Å². The minimum absolute atomic E-state index is 0. The molecule has 1 aromatic rings. The molecule has 2 N–H and O–H groups in total. The second-order valence-electron chi connectivity index (χ2n) is 6.15. The van der Waals surface area contributed by atoms with E-state index < -0.39 is 0 Å². The van der Waals surface area contributed by atoms with Crippen LogP contribution in [0.4, 0.5) is 0 Å². The van der Waals surface area contributed by atoms with E-state index in [1.807, 2.05) is 0 Å². The van der Waals surface area contributed by atoms with E-state index in [-0.39, 0.29) is 24.0 Å². The highest BCUT2D eigenvalue weighted by Crippen LogP contribution is 2.15. The summed E-state index contributed by atoms with van der Waals surface area (Å²) in [4.78, 5) is 4.26. The summed E-state index contributed by atoms with van der Waals surface area (Å²) < 4.78 is 16.6. The number of hydrogen-bond donors (Lipinski definition) is 2. The fourth-order valence-electron chi connectivity index (χ4n) is 2.90. The van der Waals surface area contributed by atoms with Gasteiger partial charge < -0.3 is 24.6 Å². The van der Waals surface area contributed by atoms with Crippen molar-refractivity contribution in [1.82, 2.24) is 15.8 Å². The quantitative estimate of drug-likeness (QED) is 0.232. The van der Waals surface area contributed by atoms with Crippen molar-refractivity contribution in [3.05, 3.63) is 17.0 Å². The van der Waals surface area contributed by atoms with Crippen molar-refractivity contribution in [1.29, 1.82) is 0 Å². The normalized spacial score (nSPS) is 17.2. The Morgan fingerprint density at radius 1 is 1.31 bits per heavy atom. The number of nitrogens with one attached hydrogen (secondary N) is 2. The molecular formula is C18H33IN4O3. The lowest BCUT2D eigenvalue weighted by atomic mass is 10.1. The number of aliphatic imine (C=N–C) groups is 1. The van der Waals surface area contributed by atoms with Gasteiger partial charge >= 0.3 is 0 Å². The van der Waals surface area contributed by atoms with Gasteiger partial charge in [-0.3, -0.25) is 4.99 Å². The second kappa shape index (κ2) is 13.3. The highest BCUT2D eigenvalue weighted by Gasteiger charge is 2.15. The fraction of sp³-hybridized carbons (Fsp3) is 0.778. The molecule has 1 aliphatic heterocycles. The average molecular weight is 480 g/mol. The molecule has 2 heterocycles. The Balaban J connectivity index is 0.00000338. The molecule has 7 nitrogen and oxygen atoms in total. The third-order valence-electron chi connectivity index (χ3n) is 4.35. The highest BCUT2D eigenvalue weighted by atomic mass is 127. The number of guanidine groups is 1. The van der Waals surface area contributed by atoms with Crippen molar-refractivity contribution in [3.63, 3.8) is 0 Å². The van der Waals surface area contributed by atoms with Crippen LogP contribution in [0, 0.1) is 0 Å². The summed E-state index contributed by atoms with van der Waals surface area (Å²) in [6, 6.07) is 0. The number of aromatic nitrogens is 1. The molecule has 1 saturated heterocycles. The van der Waals surface area contributed by atoms with Crippen LogP contribution in [0.15, 0.2) is 9.52 Å². The summed E-state index contributed by atoms with van der Waals surface area (Å²) in [5.41, 5.74) is 2.16. The van der Waals surface area contributed by atoms with Crippen LogP contribution < -0.4 is 10.6 Å². The molecule has 0 bridgehead atoms. The van der Waals surface area contributed by atoms with E-state index in [1.165, 1.54) is 0 Å². The van der Waals surface area contributed by atoms with E-state index in [9.17, 15) is 0 Å². The number of hydrogen-bond acceptors (Lipinski definition) is 5. The smallest absolute Gasteiger partial charge is 0.191 e. The molecule has 1 atom stereocenters. The molecule has 150 valence electrons. The minimum atomic E-state index is 0. The maximum Gasteiger partial charge on any atom is 0.191 e. The summed E-state index contributed by atoms with van der Waals surface area (Å²) in [5.74, 6) is 1.73. The minimum Gasteiger partial charge on any atom is -0.379 e. The van der Waals surface area contributed by atoms with E-state index in [1.54, 1.807) is 7.05 Å². The zero-order chi connectivity index (χ0) is 17.9. The molecule has 8 heteroatoms. The van der Waals surface area contributed by atoms with E-state index in [0.717, 1.165) is 74.8 Å². The van der Waals surface area contributed by atoms with Crippen molar-refractivity contribution in [3.8, 4) is 0 Å². The third-order valence-corrected chi connectivity index (χ3v) is 4.35. The summed E-state index contributed by atoms with van der Waals surface area (Å²) in [5, 5.41) is 10.8. The van der Waals surface area contributed by atoms with E-state index in [4.69, 9.17) is 14.0 Å². The molecule has 0 aliphatic carbocycles. The van der Waals surface area contributed by atoms with Crippen LogP contribution in [0.3, 0.4) is 0 Å². The van der Waals surface area contributed by atoms with Crippen LogP contribution >= 0.6 is 24.0 Å². The van der Waals surface area contributed by atoms with Crippen LogP contribution in [0.5, 0.6) is 0 Å². The Hall–Kier alpha value is -0.870. The summed E-state index contributed by atoms with van der Waals surface area (Å²) in [6.45, 7) is 7.97. The average Bonchev–Trinajstić information content (AvgIpc) is 3.29. The van der Waals surface area contributed by atoms with Gasteiger partial charge in [-0.05, 0) is 25.7 Å². The fourth-order valence-corrected chi connectivity index (χ4v) is 2.90. The van der Waals surface area contributed by atoms with Gasteiger partial charge in [0.25, 0.3) is 0 Å². The predicted molar refractivity (Wildman–Crippen MR) is 113 cm³/mol. The SMILES string of the molecule is CCc1noc(CC)c1CNC(=NC)NCCCOCC1CCCO1.I. The topological polar surface area (TPSA) is 80.9 Å². The number of ether oxygens (including phenoxy) is 2. The van der Waals surface area contributed by atoms with Crippen LogP contribution in [0.25, 0.3) is 0 Å². The van der Waals surface area contributed by atoms with Crippen molar-refractivity contribution >= 4 is 29.9 Å². The number of nitrogens with zero attached hydrogens (tertiary/aromatic N) is 2. The summed E-state index contributed by atoms with van der Waals surface area (Å²) >= 11 is 0. The van der Waals surface area contributed by atoms with Gasteiger partial charge in [0.05, 0.1) is 18.4 Å². The van der Waals surface area contributed by atoms with Gasteiger partial charge in [-0.25, -0.2) is 0 Å². The third kappa shape index (κ3) is 7.40. The first kappa shape index (κ1) is 23.2. The molecule has 0 spiro atoms. The van der Waals surface area contributed by atoms with Crippen molar-refractivity contribution in [2.75, 3.05) is 33.4 Å². The Labute approximate surface area is 173 Å². The zero-order valence-corrected chi connectivity index (χ0v) is 18.5. The first-order chi connectivity index (χ1) is 12.3. The first-order valence-corrected chi connectivity index (χ1v) is 9.38. The lowest BCUT2D eigenvalue weighted by Gasteiger charge is -2.13. The van der Waals surface area contributed by atoms with Crippen LogP contribution in [0.1, 0.15) is 50.1 Å². The Kier molecular flexibility index (Phi) is 11.9. The molecule has 1 unspecified atom stereocenters. The van der Waals surface area contributed by atoms with Gasteiger partial charge in [-0.2, -0.15) is 0 Å². The molecule has 0 radical (unpaired) electrons. The summed E-state index contributed by atoms with van der Waals surface area (Å²) in [7, 11) is 1.78. The molecule has 0 saturated carbocycles. The van der Waals surface area contributed by atoms with Gasteiger partial charge in [0.1, 0.15) is 5.76 Å². The predicted octanol–water partition coefficient (Wildman–Crippen LogP) is 2.67. The van der Waals surface area contributed by atoms with Gasteiger partial charge in [0, 0.05) is 45.3 Å². The molecule has 0 amide bonds. The zero-order valence-electron chi connectivity index (χ0n) is 16.2. The van der Waals surface area contributed by atoms with Crippen LogP contribution in [0.2, 0.25) is 0 Å². The van der Waals surface area contributed by atoms with E-state index >= 15 is 0 Å². The van der Waals surface area contributed by atoms with Crippen molar-refractivity contribution in [2.45, 2.75) is 58.6 Å². The van der Waals surface area contributed by atoms with E-state index in [2.05, 4.69) is 34.6 Å². The number of aryl methyl sites for hydroxylation is 2. The van der Waals surface area contributed by atoms with Crippen molar-refractivity contribution in [2.24, 2.45) is 4.99 Å². The van der Waals surface area contributed by atoms with Gasteiger partial charge in [0.15, 0.2) is 5.96 Å².